The van der Waals surface area contributed by atoms with E-state index in [9.17, 15) is 18.3 Å². The number of sulfonamides is 1. The van der Waals surface area contributed by atoms with Gasteiger partial charge in [0, 0.05) is 0 Å². The normalized spacial score (nSPS) is 11.1. The summed E-state index contributed by atoms with van der Waals surface area (Å²) in [6.45, 7) is -0.479. The van der Waals surface area contributed by atoms with Crippen molar-refractivity contribution in [3.63, 3.8) is 0 Å². The Bertz CT molecular complexity index is 482. The second-order valence-corrected chi connectivity index (χ2v) is 4.60. The Hall–Kier alpha value is -1.60. The van der Waals surface area contributed by atoms with Crippen LogP contribution < -0.4 is 4.72 Å². The van der Waals surface area contributed by atoms with Gasteiger partial charge in [-0.15, -0.1) is 0 Å². The van der Waals surface area contributed by atoms with Crippen molar-refractivity contribution in [2.45, 2.75) is 4.90 Å². The van der Waals surface area contributed by atoms with E-state index in [2.05, 4.69) is 4.74 Å². The standard InChI is InChI=1S/C9H11NO5S/c1-15-9(12)6-10-16(13,14)8-5-3-2-4-7(8)11/h2-5,10-11H,6H2,1H3. The van der Waals surface area contributed by atoms with Crippen molar-refractivity contribution in [3.05, 3.63) is 24.3 Å². The van der Waals surface area contributed by atoms with E-state index < -0.39 is 22.5 Å². The smallest absolute Gasteiger partial charge is 0.320 e. The zero-order chi connectivity index (χ0) is 12.2. The van der Waals surface area contributed by atoms with Crippen LogP contribution in [0.4, 0.5) is 0 Å². The topological polar surface area (TPSA) is 92.7 Å². The van der Waals surface area contributed by atoms with Crippen molar-refractivity contribution in [1.82, 2.24) is 4.72 Å². The van der Waals surface area contributed by atoms with E-state index in [4.69, 9.17) is 0 Å². The van der Waals surface area contributed by atoms with Gasteiger partial charge in [0.2, 0.25) is 10.0 Å². The van der Waals surface area contributed by atoms with Crippen molar-refractivity contribution in [1.29, 1.82) is 0 Å². The van der Waals surface area contributed by atoms with E-state index in [1.165, 1.54) is 24.3 Å². The first-order valence-electron chi connectivity index (χ1n) is 4.32. The highest BCUT2D eigenvalue weighted by Crippen LogP contribution is 2.20. The lowest BCUT2D eigenvalue weighted by Gasteiger charge is -2.06. The predicted octanol–water partition coefficient (Wildman–Crippen LogP) is -0.157. The second-order valence-electron chi connectivity index (χ2n) is 2.87. The molecular weight excluding hydrogens is 234 g/mol. The number of phenolic OH excluding ortho intramolecular Hbond substituents is 1. The number of phenols is 1. The number of esters is 1. The van der Waals surface area contributed by atoms with Gasteiger partial charge in [-0.05, 0) is 12.1 Å². The average Bonchev–Trinajstić information content (AvgIpc) is 2.26. The predicted molar refractivity (Wildman–Crippen MR) is 55.3 cm³/mol. The summed E-state index contributed by atoms with van der Waals surface area (Å²) in [6, 6.07) is 5.43. The maximum Gasteiger partial charge on any atom is 0.320 e. The lowest BCUT2D eigenvalue weighted by atomic mass is 10.3. The third-order valence-electron chi connectivity index (χ3n) is 1.79. The van der Waals surface area contributed by atoms with Crippen LogP contribution in [0, 0.1) is 0 Å². The quantitative estimate of drug-likeness (QED) is 0.719. The van der Waals surface area contributed by atoms with Gasteiger partial charge in [0.15, 0.2) is 0 Å². The van der Waals surface area contributed by atoms with Crippen molar-refractivity contribution in [2.75, 3.05) is 13.7 Å². The van der Waals surface area contributed by atoms with Crippen LogP contribution in [0.3, 0.4) is 0 Å². The number of hydrogen-bond donors (Lipinski definition) is 2. The number of carbonyl (C=O) groups is 1. The molecule has 0 aliphatic rings. The van der Waals surface area contributed by atoms with Crippen LogP contribution in [0.1, 0.15) is 0 Å². The van der Waals surface area contributed by atoms with Gasteiger partial charge in [0.05, 0.1) is 7.11 Å². The molecule has 1 aromatic rings. The third kappa shape index (κ3) is 2.94. The molecule has 0 spiro atoms. The van der Waals surface area contributed by atoms with Gasteiger partial charge in [-0.1, -0.05) is 12.1 Å². The van der Waals surface area contributed by atoms with Crippen LogP contribution in [0.2, 0.25) is 0 Å². The van der Waals surface area contributed by atoms with Crippen LogP contribution in [0.25, 0.3) is 0 Å². The second kappa shape index (κ2) is 4.95. The zero-order valence-corrected chi connectivity index (χ0v) is 9.32. The Morgan fingerprint density at radius 1 is 1.44 bits per heavy atom. The Morgan fingerprint density at radius 2 is 2.06 bits per heavy atom. The molecule has 88 valence electrons. The maximum atomic E-state index is 11.6. The summed E-state index contributed by atoms with van der Waals surface area (Å²) >= 11 is 0. The molecule has 0 fully saturated rings. The summed E-state index contributed by atoms with van der Waals surface area (Å²) in [5.41, 5.74) is 0. The lowest BCUT2D eigenvalue weighted by Crippen LogP contribution is -2.30. The molecule has 0 saturated carbocycles. The molecular formula is C9H11NO5S. The Labute approximate surface area is 92.9 Å². The molecule has 0 unspecified atom stereocenters. The summed E-state index contributed by atoms with van der Waals surface area (Å²) in [7, 11) is -2.75. The van der Waals surface area contributed by atoms with Crippen molar-refractivity contribution < 1.29 is 23.1 Å². The van der Waals surface area contributed by atoms with E-state index in [-0.39, 0.29) is 10.6 Å². The monoisotopic (exact) mass is 245 g/mol. The Morgan fingerprint density at radius 3 is 2.62 bits per heavy atom. The van der Waals surface area contributed by atoms with Gasteiger partial charge in [-0.2, -0.15) is 4.72 Å². The third-order valence-corrected chi connectivity index (χ3v) is 3.24. The molecule has 0 aliphatic carbocycles. The summed E-state index contributed by atoms with van der Waals surface area (Å²) in [6.07, 6.45) is 0. The van der Waals surface area contributed by atoms with Gasteiger partial charge in [0.1, 0.15) is 17.2 Å². The molecule has 0 radical (unpaired) electrons. The molecule has 0 aromatic heterocycles. The van der Waals surface area contributed by atoms with E-state index in [1.54, 1.807) is 0 Å². The Balaban J connectivity index is 2.87. The number of hydrogen-bond acceptors (Lipinski definition) is 5. The van der Waals surface area contributed by atoms with Gasteiger partial charge < -0.3 is 9.84 Å². The molecule has 0 atom stereocenters. The number of benzene rings is 1. The van der Waals surface area contributed by atoms with Gasteiger partial charge >= 0.3 is 5.97 Å². The Kier molecular flexibility index (Phi) is 3.86. The molecule has 0 bridgehead atoms. The highest BCUT2D eigenvalue weighted by molar-refractivity contribution is 7.89. The molecule has 0 aliphatic heterocycles. The van der Waals surface area contributed by atoms with Crippen LogP contribution in [0.15, 0.2) is 29.2 Å². The molecule has 7 heteroatoms. The highest BCUT2D eigenvalue weighted by Gasteiger charge is 2.18. The molecule has 1 rings (SSSR count). The first kappa shape index (κ1) is 12.5. The van der Waals surface area contributed by atoms with Crippen LogP contribution >= 0.6 is 0 Å². The molecule has 16 heavy (non-hydrogen) atoms. The number of carbonyl (C=O) groups excluding carboxylic acids is 1. The molecule has 1 aromatic carbocycles. The maximum absolute atomic E-state index is 11.6. The van der Waals surface area contributed by atoms with Gasteiger partial charge in [0.25, 0.3) is 0 Å². The van der Waals surface area contributed by atoms with Crippen molar-refractivity contribution >= 4 is 16.0 Å². The molecule has 0 heterocycles. The lowest BCUT2D eigenvalue weighted by molar-refractivity contribution is -0.139. The summed E-state index contributed by atoms with van der Waals surface area (Å²) in [5.74, 6) is -1.08. The molecule has 0 amide bonds. The van der Waals surface area contributed by atoms with Gasteiger partial charge in [-0.25, -0.2) is 8.42 Å². The first-order chi connectivity index (χ1) is 7.47. The fourth-order valence-electron chi connectivity index (χ4n) is 0.988. The first-order valence-corrected chi connectivity index (χ1v) is 5.80. The number of para-hydroxylation sites is 1. The van der Waals surface area contributed by atoms with Gasteiger partial charge in [-0.3, -0.25) is 4.79 Å². The number of ether oxygens (including phenoxy) is 1. The van der Waals surface area contributed by atoms with Crippen LogP contribution in [-0.2, 0) is 19.6 Å². The molecule has 6 nitrogen and oxygen atoms in total. The van der Waals surface area contributed by atoms with Crippen molar-refractivity contribution in [2.24, 2.45) is 0 Å². The zero-order valence-electron chi connectivity index (χ0n) is 8.50. The molecule has 0 saturated heterocycles. The van der Waals surface area contributed by atoms with E-state index in [0.717, 1.165) is 7.11 Å². The van der Waals surface area contributed by atoms with Crippen LogP contribution in [-0.4, -0.2) is 33.1 Å². The van der Waals surface area contributed by atoms with E-state index >= 15 is 0 Å². The van der Waals surface area contributed by atoms with Crippen LogP contribution in [0.5, 0.6) is 5.75 Å². The minimum Gasteiger partial charge on any atom is -0.507 e. The summed E-state index contributed by atoms with van der Waals surface area (Å²) < 4.78 is 29.5. The minimum absolute atomic E-state index is 0.279. The average molecular weight is 245 g/mol. The summed E-state index contributed by atoms with van der Waals surface area (Å²) in [5, 5.41) is 9.33. The minimum atomic E-state index is -3.90. The largest absolute Gasteiger partial charge is 0.507 e. The molecule has 2 N–H and O–H groups in total. The number of nitrogens with one attached hydrogen (secondary N) is 1. The summed E-state index contributed by atoms with van der Waals surface area (Å²) in [4.78, 5) is 10.5. The van der Waals surface area contributed by atoms with Crippen molar-refractivity contribution in [3.8, 4) is 5.75 Å². The highest BCUT2D eigenvalue weighted by atomic mass is 32.2. The number of aromatic hydroxyl groups is 1. The number of rotatable bonds is 4. The van der Waals surface area contributed by atoms with E-state index in [1.807, 2.05) is 4.72 Å². The number of methoxy groups -OCH3 is 1. The fourth-order valence-corrected chi connectivity index (χ4v) is 2.05. The fraction of sp³-hybridized carbons (Fsp3) is 0.222. The SMILES string of the molecule is COC(=O)CNS(=O)(=O)c1ccccc1O. The van der Waals surface area contributed by atoms with E-state index in [0.29, 0.717) is 0 Å².